The van der Waals surface area contributed by atoms with Crippen molar-refractivity contribution in [1.29, 1.82) is 0 Å². The Labute approximate surface area is 133 Å². The van der Waals surface area contributed by atoms with Gasteiger partial charge in [0.15, 0.2) is 0 Å². The average molecular weight is 347 g/mol. The molecule has 0 atom stereocenters. The predicted octanol–water partition coefficient (Wildman–Crippen LogP) is 4.25. The van der Waals surface area contributed by atoms with Crippen LogP contribution in [-0.4, -0.2) is 11.9 Å². The third-order valence-electron chi connectivity index (χ3n) is 4.22. The van der Waals surface area contributed by atoms with Crippen LogP contribution in [0.25, 0.3) is 10.8 Å². The van der Waals surface area contributed by atoms with Crippen LogP contribution in [0.1, 0.15) is 42.5 Å². The molecule has 0 unspecified atom stereocenters. The Bertz CT molecular complexity index is 678. The molecule has 0 aliphatic heterocycles. The van der Waals surface area contributed by atoms with Gasteiger partial charge in [-0.1, -0.05) is 59.5 Å². The molecule has 1 saturated carbocycles. The fraction of sp³-hybridized carbons (Fsp3) is 0.353. The van der Waals surface area contributed by atoms with Crippen LogP contribution < -0.4 is 11.1 Å². The zero-order valence-corrected chi connectivity index (χ0v) is 13.4. The SMILES string of the molecule is Nc1c(C(=O)NC2CCCCC2)cc(Br)c2ccccc12. The summed E-state index contributed by atoms with van der Waals surface area (Å²) in [5, 5.41) is 5.08. The Morgan fingerprint density at radius 3 is 2.52 bits per heavy atom. The molecule has 110 valence electrons. The highest BCUT2D eigenvalue weighted by atomic mass is 79.9. The normalized spacial score (nSPS) is 16.0. The van der Waals surface area contributed by atoms with Gasteiger partial charge >= 0.3 is 0 Å². The summed E-state index contributed by atoms with van der Waals surface area (Å²) in [5.74, 6) is -0.0640. The van der Waals surface area contributed by atoms with Crippen molar-refractivity contribution in [2.45, 2.75) is 38.1 Å². The van der Waals surface area contributed by atoms with E-state index in [1.165, 1.54) is 19.3 Å². The largest absolute Gasteiger partial charge is 0.398 e. The molecule has 0 radical (unpaired) electrons. The van der Waals surface area contributed by atoms with Crippen LogP contribution in [0.2, 0.25) is 0 Å². The number of hydrogen-bond acceptors (Lipinski definition) is 2. The minimum Gasteiger partial charge on any atom is -0.398 e. The summed E-state index contributed by atoms with van der Waals surface area (Å²) in [6, 6.07) is 9.97. The van der Waals surface area contributed by atoms with E-state index in [0.29, 0.717) is 11.3 Å². The van der Waals surface area contributed by atoms with Gasteiger partial charge in [0.25, 0.3) is 5.91 Å². The van der Waals surface area contributed by atoms with E-state index < -0.39 is 0 Å². The zero-order valence-electron chi connectivity index (χ0n) is 11.9. The minimum atomic E-state index is -0.0640. The van der Waals surface area contributed by atoms with E-state index in [0.717, 1.165) is 28.1 Å². The lowest BCUT2D eigenvalue weighted by atomic mass is 9.95. The van der Waals surface area contributed by atoms with Crippen molar-refractivity contribution < 1.29 is 4.79 Å². The maximum Gasteiger partial charge on any atom is 0.253 e. The van der Waals surface area contributed by atoms with Crippen LogP contribution in [0.4, 0.5) is 5.69 Å². The minimum absolute atomic E-state index is 0.0640. The molecule has 2 aromatic rings. The molecule has 1 aliphatic carbocycles. The second-order valence-corrected chi connectivity index (χ2v) is 6.53. The molecular formula is C17H19BrN2O. The topological polar surface area (TPSA) is 55.1 Å². The molecule has 1 aliphatic rings. The first-order valence-electron chi connectivity index (χ1n) is 7.44. The second kappa shape index (κ2) is 6.06. The number of fused-ring (bicyclic) bond motifs is 1. The highest BCUT2D eigenvalue weighted by Gasteiger charge is 2.19. The molecule has 0 bridgehead atoms. The van der Waals surface area contributed by atoms with Crippen LogP contribution in [0.5, 0.6) is 0 Å². The summed E-state index contributed by atoms with van der Waals surface area (Å²) in [4.78, 5) is 12.5. The molecule has 3 rings (SSSR count). The molecule has 2 aromatic carbocycles. The van der Waals surface area contributed by atoms with E-state index in [4.69, 9.17) is 5.73 Å². The number of anilines is 1. The average Bonchev–Trinajstić information content (AvgIpc) is 2.52. The van der Waals surface area contributed by atoms with Gasteiger partial charge in [0.1, 0.15) is 0 Å². The number of nitrogen functional groups attached to an aromatic ring is 1. The monoisotopic (exact) mass is 346 g/mol. The maximum absolute atomic E-state index is 12.5. The molecule has 1 amide bonds. The molecule has 4 heteroatoms. The Balaban J connectivity index is 1.92. The van der Waals surface area contributed by atoms with Gasteiger partial charge in [-0.05, 0) is 24.3 Å². The van der Waals surface area contributed by atoms with Crippen LogP contribution in [0.15, 0.2) is 34.8 Å². The van der Waals surface area contributed by atoms with Crippen molar-refractivity contribution in [1.82, 2.24) is 5.32 Å². The molecule has 21 heavy (non-hydrogen) atoms. The summed E-state index contributed by atoms with van der Waals surface area (Å²) >= 11 is 3.54. The van der Waals surface area contributed by atoms with Crippen molar-refractivity contribution in [3.05, 3.63) is 40.4 Å². The van der Waals surface area contributed by atoms with Gasteiger partial charge in [-0.25, -0.2) is 0 Å². The number of nitrogens with one attached hydrogen (secondary N) is 1. The lowest BCUT2D eigenvalue weighted by Crippen LogP contribution is -2.36. The summed E-state index contributed by atoms with van der Waals surface area (Å²) in [6.45, 7) is 0. The molecular weight excluding hydrogens is 328 g/mol. The van der Waals surface area contributed by atoms with Gasteiger partial charge in [-0.2, -0.15) is 0 Å². The smallest absolute Gasteiger partial charge is 0.253 e. The fourth-order valence-corrected chi connectivity index (χ4v) is 3.63. The maximum atomic E-state index is 12.5. The third kappa shape index (κ3) is 2.91. The molecule has 0 aromatic heterocycles. The fourth-order valence-electron chi connectivity index (χ4n) is 3.05. The highest BCUT2D eigenvalue weighted by molar-refractivity contribution is 9.10. The predicted molar refractivity (Wildman–Crippen MR) is 90.4 cm³/mol. The number of rotatable bonds is 2. The van der Waals surface area contributed by atoms with Gasteiger partial charge in [0, 0.05) is 15.9 Å². The van der Waals surface area contributed by atoms with Gasteiger partial charge < -0.3 is 11.1 Å². The van der Waals surface area contributed by atoms with Crippen molar-refractivity contribution in [3.63, 3.8) is 0 Å². The highest BCUT2D eigenvalue weighted by Crippen LogP contribution is 2.32. The number of amides is 1. The van der Waals surface area contributed by atoms with Crippen LogP contribution in [-0.2, 0) is 0 Å². The molecule has 3 N–H and O–H groups in total. The molecule has 3 nitrogen and oxygen atoms in total. The number of benzene rings is 2. The number of hydrogen-bond donors (Lipinski definition) is 2. The summed E-state index contributed by atoms with van der Waals surface area (Å²) in [6.07, 6.45) is 5.81. The Morgan fingerprint density at radius 1 is 1.14 bits per heavy atom. The summed E-state index contributed by atoms with van der Waals surface area (Å²) in [7, 11) is 0. The van der Waals surface area contributed by atoms with Gasteiger partial charge in [0.05, 0.1) is 11.3 Å². The van der Waals surface area contributed by atoms with E-state index in [1.54, 1.807) is 0 Å². The first kappa shape index (κ1) is 14.4. The molecule has 0 heterocycles. The number of nitrogens with two attached hydrogens (primary N) is 1. The quantitative estimate of drug-likeness (QED) is 0.798. The Kier molecular flexibility index (Phi) is 4.15. The third-order valence-corrected chi connectivity index (χ3v) is 4.88. The summed E-state index contributed by atoms with van der Waals surface area (Å²) < 4.78 is 0.904. The van der Waals surface area contributed by atoms with Crippen molar-refractivity contribution in [3.8, 4) is 0 Å². The molecule has 0 saturated heterocycles. The van der Waals surface area contributed by atoms with Gasteiger partial charge in [0.2, 0.25) is 0 Å². The standard InChI is InChI=1S/C17H19BrN2O/c18-15-10-14(16(19)13-9-5-4-8-12(13)15)17(21)20-11-6-2-1-3-7-11/h4-5,8-11H,1-3,6-7,19H2,(H,20,21). The number of carbonyl (C=O) groups is 1. The van der Waals surface area contributed by atoms with Gasteiger partial charge in [-0.15, -0.1) is 0 Å². The number of carbonyl (C=O) groups excluding carboxylic acids is 1. The second-order valence-electron chi connectivity index (χ2n) is 5.67. The zero-order chi connectivity index (χ0) is 14.8. The van der Waals surface area contributed by atoms with Crippen molar-refractivity contribution in [2.75, 3.05) is 5.73 Å². The van der Waals surface area contributed by atoms with Crippen LogP contribution >= 0.6 is 15.9 Å². The molecule has 1 fully saturated rings. The van der Waals surface area contributed by atoms with Gasteiger partial charge in [-0.3, -0.25) is 4.79 Å². The molecule has 0 spiro atoms. The van der Waals surface area contributed by atoms with E-state index >= 15 is 0 Å². The van der Waals surface area contributed by atoms with Crippen LogP contribution in [0.3, 0.4) is 0 Å². The first-order valence-corrected chi connectivity index (χ1v) is 8.23. The van der Waals surface area contributed by atoms with E-state index in [2.05, 4.69) is 21.2 Å². The summed E-state index contributed by atoms with van der Waals surface area (Å²) in [5.41, 5.74) is 7.33. The lowest BCUT2D eigenvalue weighted by Gasteiger charge is -2.23. The lowest BCUT2D eigenvalue weighted by molar-refractivity contribution is 0.0928. The van der Waals surface area contributed by atoms with Crippen molar-refractivity contribution in [2.24, 2.45) is 0 Å². The van der Waals surface area contributed by atoms with Crippen LogP contribution in [0, 0.1) is 0 Å². The van der Waals surface area contributed by atoms with E-state index in [9.17, 15) is 4.79 Å². The Hall–Kier alpha value is -1.55. The number of halogens is 1. The Morgan fingerprint density at radius 2 is 1.81 bits per heavy atom. The van der Waals surface area contributed by atoms with E-state index in [-0.39, 0.29) is 11.9 Å². The van der Waals surface area contributed by atoms with E-state index in [1.807, 2.05) is 30.3 Å². The first-order chi connectivity index (χ1) is 10.2. The van der Waals surface area contributed by atoms with Crippen molar-refractivity contribution >= 4 is 38.3 Å².